The van der Waals surface area contributed by atoms with Crippen LogP contribution in [0.3, 0.4) is 0 Å². The molecule has 1 aliphatic heterocycles. The third kappa shape index (κ3) is 6.47. The van der Waals surface area contributed by atoms with Gasteiger partial charge in [-0.15, -0.1) is 11.8 Å². The van der Waals surface area contributed by atoms with Crippen molar-refractivity contribution in [3.63, 3.8) is 0 Å². The van der Waals surface area contributed by atoms with Crippen LogP contribution in [0, 0.1) is 5.92 Å². The molecule has 5 nitrogen and oxygen atoms in total. The van der Waals surface area contributed by atoms with Gasteiger partial charge in [-0.2, -0.15) is 0 Å². The molecule has 1 fully saturated rings. The van der Waals surface area contributed by atoms with Crippen LogP contribution in [0.4, 0.5) is 5.82 Å². The number of anilines is 1. The van der Waals surface area contributed by atoms with Crippen molar-refractivity contribution in [2.75, 3.05) is 24.6 Å². The Morgan fingerprint density at radius 1 is 1.24 bits per heavy atom. The molecule has 1 aromatic heterocycles. The Morgan fingerprint density at radius 2 is 2.03 bits per heavy atom. The van der Waals surface area contributed by atoms with Gasteiger partial charge in [-0.1, -0.05) is 50.2 Å². The smallest absolute Gasteiger partial charge is 0.233 e. The van der Waals surface area contributed by atoms with Crippen LogP contribution in [0.25, 0.3) is 0 Å². The summed E-state index contributed by atoms with van der Waals surface area (Å²) in [7, 11) is 0. The summed E-state index contributed by atoms with van der Waals surface area (Å²) in [5.41, 5.74) is 2.26. The Morgan fingerprint density at radius 3 is 2.69 bits per heavy atom. The number of rotatable bonds is 8. The highest BCUT2D eigenvalue weighted by Gasteiger charge is 2.22. The van der Waals surface area contributed by atoms with Crippen molar-refractivity contribution in [3.05, 3.63) is 59.8 Å². The van der Waals surface area contributed by atoms with E-state index in [2.05, 4.69) is 48.1 Å². The molecule has 0 saturated carbocycles. The van der Waals surface area contributed by atoms with Gasteiger partial charge in [0, 0.05) is 31.6 Å². The van der Waals surface area contributed by atoms with E-state index in [1.54, 1.807) is 11.8 Å². The minimum absolute atomic E-state index is 0.0720. The number of carbonyl (C=O) groups excluding carboxylic acids is 1. The molecule has 1 aliphatic rings. The maximum Gasteiger partial charge on any atom is 0.233 e. The number of hydrogen-bond acceptors (Lipinski definition) is 5. The van der Waals surface area contributed by atoms with Crippen LogP contribution in [0.1, 0.15) is 31.9 Å². The third-order valence-corrected chi connectivity index (χ3v) is 6.59. The summed E-state index contributed by atoms with van der Waals surface area (Å²) in [5, 5.41) is 3.02. The molecule has 2 heterocycles. The standard InChI is InChI=1S/C23H31N3O2S/c1-17(2)22(29-16-19-7-5-4-6-8-19)23(27)25-14-20-9-10-21(24-13-20)26-11-12-28-18(3)15-26/h4-10,13,17-18,22H,11-12,14-16H2,1-3H3,(H,25,27). The van der Waals surface area contributed by atoms with Crippen LogP contribution in [-0.2, 0) is 21.8 Å². The molecule has 0 bridgehead atoms. The van der Waals surface area contributed by atoms with Gasteiger partial charge >= 0.3 is 0 Å². The average molecular weight is 414 g/mol. The minimum Gasteiger partial charge on any atom is -0.375 e. The summed E-state index contributed by atoms with van der Waals surface area (Å²) in [4.78, 5) is 19.6. The van der Waals surface area contributed by atoms with E-state index >= 15 is 0 Å². The first kappa shape index (κ1) is 21.7. The number of benzene rings is 1. The van der Waals surface area contributed by atoms with Gasteiger partial charge in [-0.25, -0.2) is 4.98 Å². The van der Waals surface area contributed by atoms with Gasteiger partial charge in [0.1, 0.15) is 5.82 Å². The normalized spacial score (nSPS) is 17.9. The highest BCUT2D eigenvalue weighted by molar-refractivity contribution is 7.99. The van der Waals surface area contributed by atoms with Crippen LogP contribution in [-0.4, -0.2) is 41.9 Å². The molecule has 0 radical (unpaired) electrons. The van der Waals surface area contributed by atoms with E-state index in [4.69, 9.17) is 4.74 Å². The van der Waals surface area contributed by atoms with Crippen molar-refractivity contribution in [1.29, 1.82) is 0 Å². The second kappa shape index (κ2) is 10.6. The zero-order valence-electron chi connectivity index (χ0n) is 17.5. The number of thioether (sulfide) groups is 1. The maximum absolute atomic E-state index is 12.8. The molecule has 3 rings (SSSR count). The number of hydrogen-bond donors (Lipinski definition) is 1. The molecule has 156 valence electrons. The predicted molar refractivity (Wildman–Crippen MR) is 120 cm³/mol. The first-order valence-corrected chi connectivity index (χ1v) is 11.3. The summed E-state index contributed by atoms with van der Waals surface area (Å²) in [6, 6.07) is 14.4. The van der Waals surface area contributed by atoms with Crippen LogP contribution in [0.15, 0.2) is 48.7 Å². The van der Waals surface area contributed by atoms with Gasteiger partial charge in [0.2, 0.25) is 5.91 Å². The van der Waals surface area contributed by atoms with Gasteiger partial charge in [0.25, 0.3) is 0 Å². The first-order chi connectivity index (χ1) is 14.0. The van der Waals surface area contributed by atoms with Crippen molar-refractivity contribution >= 4 is 23.5 Å². The SMILES string of the molecule is CC1CN(c2ccc(CNC(=O)C(SCc3ccccc3)C(C)C)cn2)CCO1. The van der Waals surface area contributed by atoms with E-state index in [0.29, 0.717) is 6.54 Å². The largest absolute Gasteiger partial charge is 0.375 e. The Kier molecular flexibility index (Phi) is 7.95. The van der Waals surface area contributed by atoms with Crippen LogP contribution < -0.4 is 10.2 Å². The summed E-state index contributed by atoms with van der Waals surface area (Å²) >= 11 is 1.70. The molecule has 2 aromatic rings. The highest BCUT2D eigenvalue weighted by atomic mass is 32.2. The Hall–Kier alpha value is -2.05. The molecule has 0 aliphatic carbocycles. The molecular weight excluding hydrogens is 382 g/mol. The lowest BCUT2D eigenvalue weighted by Gasteiger charge is -2.32. The Labute approximate surface area is 178 Å². The number of aromatic nitrogens is 1. The molecule has 29 heavy (non-hydrogen) atoms. The van der Waals surface area contributed by atoms with Crippen LogP contribution >= 0.6 is 11.8 Å². The quantitative estimate of drug-likeness (QED) is 0.712. The van der Waals surface area contributed by atoms with Crippen molar-refractivity contribution in [3.8, 4) is 0 Å². The molecule has 1 aromatic carbocycles. The molecule has 0 spiro atoms. The lowest BCUT2D eigenvalue weighted by molar-refractivity contribution is -0.121. The molecule has 6 heteroatoms. The van der Waals surface area contributed by atoms with Crippen molar-refractivity contribution in [1.82, 2.24) is 10.3 Å². The van der Waals surface area contributed by atoms with Crippen LogP contribution in [0.5, 0.6) is 0 Å². The third-order valence-electron chi connectivity index (χ3n) is 4.98. The van der Waals surface area contributed by atoms with E-state index in [1.807, 2.05) is 36.5 Å². The fraction of sp³-hybridized carbons (Fsp3) is 0.478. The van der Waals surface area contributed by atoms with E-state index in [0.717, 1.165) is 36.8 Å². The zero-order valence-corrected chi connectivity index (χ0v) is 18.3. The minimum atomic E-state index is -0.0720. The van der Waals surface area contributed by atoms with E-state index in [-0.39, 0.29) is 23.2 Å². The van der Waals surface area contributed by atoms with E-state index in [1.165, 1.54) is 5.56 Å². The summed E-state index contributed by atoms with van der Waals surface area (Å²) < 4.78 is 5.59. The summed E-state index contributed by atoms with van der Waals surface area (Å²) in [6.07, 6.45) is 2.09. The zero-order chi connectivity index (χ0) is 20.6. The number of ether oxygens (including phenoxy) is 1. The summed E-state index contributed by atoms with van der Waals surface area (Å²) in [6.45, 7) is 9.24. The van der Waals surface area contributed by atoms with Gasteiger partial charge in [0.15, 0.2) is 0 Å². The summed E-state index contributed by atoms with van der Waals surface area (Å²) in [5.74, 6) is 2.17. The van der Waals surface area contributed by atoms with Crippen molar-refractivity contribution in [2.45, 2.75) is 44.4 Å². The lowest BCUT2D eigenvalue weighted by atomic mass is 10.1. The molecular formula is C23H31N3O2S. The van der Waals surface area contributed by atoms with Gasteiger partial charge in [-0.05, 0) is 30.0 Å². The van der Waals surface area contributed by atoms with Gasteiger partial charge in [0.05, 0.1) is 18.0 Å². The molecule has 1 saturated heterocycles. The van der Waals surface area contributed by atoms with E-state index < -0.39 is 0 Å². The highest BCUT2D eigenvalue weighted by Crippen LogP contribution is 2.24. The number of pyridine rings is 1. The average Bonchev–Trinajstić information content (AvgIpc) is 2.73. The van der Waals surface area contributed by atoms with Crippen molar-refractivity contribution < 1.29 is 9.53 Å². The first-order valence-electron chi connectivity index (χ1n) is 10.3. The number of morpholine rings is 1. The molecule has 1 amide bonds. The van der Waals surface area contributed by atoms with E-state index in [9.17, 15) is 4.79 Å². The Balaban J connectivity index is 1.51. The Bertz CT molecular complexity index is 767. The fourth-order valence-corrected chi connectivity index (χ4v) is 4.54. The monoisotopic (exact) mass is 413 g/mol. The maximum atomic E-state index is 12.8. The second-order valence-corrected chi connectivity index (χ2v) is 8.96. The molecule has 2 unspecified atom stereocenters. The van der Waals surface area contributed by atoms with Gasteiger partial charge in [-0.3, -0.25) is 4.79 Å². The number of nitrogens with one attached hydrogen (secondary N) is 1. The van der Waals surface area contributed by atoms with Crippen molar-refractivity contribution in [2.24, 2.45) is 5.92 Å². The van der Waals surface area contributed by atoms with Gasteiger partial charge < -0.3 is 15.0 Å². The number of carbonyl (C=O) groups is 1. The second-order valence-electron chi connectivity index (χ2n) is 7.83. The number of amides is 1. The number of nitrogens with zero attached hydrogens (tertiary/aromatic N) is 2. The molecule has 1 N–H and O–H groups in total. The topological polar surface area (TPSA) is 54.5 Å². The molecule has 2 atom stereocenters. The predicted octanol–water partition coefficient (Wildman–Crippen LogP) is 3.88. The lowest BCUT2D eigenvalue weighted by Crippen LogP contribution is -2.41. The fourth-order valence-electron chi connectivity index (χ4n) is 3.36. The van der Waals surface area contributed by atoms with Crippen LogP contribution in [0.2, 0.25) is 0 Å².